The summed E-state index contributed by atoms with van der Waals surface area (Å²) in [7, 11) is 0. The lowest BCUT2D eigenvalue weighted by atomic mass is 9.97. The Hall–Kier alpha value is -2.61. The molecule has 0 aliphatic heterocycles. The first-order chi connectivity index (χ1) is 15.6. The molecule has 1 aromatic rings. The van der Waals surface area contributed by atoms with Gasteiger partial charge in [0, 0.05) is 12.1 Å². The lowest BCUT2D eigenvalue weighted by Gasteiger charge is -2.36. The van der Waals surface area contributed by atoms with Crippen LogP contribution in [-0.2, 0) is 14.3 Å². The Balaban J connectivity index is 3.45. The van der Waals surface area contributed by atoms with Gasteiger partial charge in [0.05, 0.1) is 6.61 Å². The summed E-state index contributed by atoms with van der Waals surface area (Å²) in [6.07, 6.45) is 0.644. The zero-order chi connectivity index (χ0) is 26.3. The molecule has 1 rings (SSSR count). The van der Waals surface area contributed by atoms with Gasteiger partial charge in [-0.3, -0.25) is 9.59 Å². The molecule has 0 heterocycles. The molecule has 0 fully saturated rings. The first-order valence-corrected chi connectivity index (χ1v) is 11.9. The van der Waals surface area contributed by atoms with E-state index in [1.807, 2.05) is 59.7 Å². The van der Waals surface area contributed by atoms with Gasteiger partial charge in [-0.05, 0) is 78.5 Å². The number of aryl methyl sites for hydroxylation is 2. The minimum absolute atomic E-state index is 0.289. The lowest BCUT2D eigenvalue weighted by Crippen LogP contribution is -2.55. The van der Waals surface area contributed by atoms with Crippen LogP contribution in [0.25, 0.3) is 0 Å². The van der Waals surface area contributed by atoms with Gasteiger partial charge in [0.1, 0.15) is 17.7 Å². The summed E-state index contributed by atoms with van der Waals surface area (Å²) >= 11 is 0. The molecule has 192 valence electrons. The fourth-order valence-corrected chi connectivity index (χ4v) is 3.38. The number of hydrogen-bond acceptors (Lipinski definition) is 5. The highest BCUT2D eigenvalue weighted by Crippen LogP contribution is 2.26. The van der Waals surface area contributed by atoms with Crippen LogP contribution in [0.5, 0.6) is 0 Å². The van der Waals surface area contributed by atoms with Crippen LogP contribution < -0.4 is 10.6 Å². The van der Waals surface area contributed by atoms with Crippen LogP contribution in [0, 0.1) is 13.8 Å². The quantitative estimate of drug-likeness (QED) is 0.502. The molecule has 0 aliphatic rings. The van der Waals surface area contributed by atoms with Gasteiger partial charge in [0.25, 0.3) is 0 Å². The van der Waals surface area contributed by atoms with Crippen molar-refractivity contribution in [2.45, 2.75) is 98.4 Å². The van der Waals surface area contributed by atoms with E-state index in [1.54, 1.807) is 20.8 Å². The fraction of sp³-hybridized carbons (Fsp3) is 0.654. The molecule has 1 aromatic carbocycles. The van der Waals surface area contributed by atoms with Crippen molar-refractivity contribution >= 4 is 17.9 Å². The van der Waals surface area contributed by atoms with Gasteiger partial charge in [-0.2, -0.15) is 0 Å². The maximum Gasteiger partial charge on any atom is 0.408 e. The molecule has 0 saturated heterocycles. The van der Waals surface area contributed by atoms with Crippen LogP contribution in [0.15, 0.2) is 18.2 Å². The Morgan fingerprint density at radius 2 is 1.68 bits per heavy atom. The molecule has 8 heteroatoms. The molecule has 34 heavy (non-hydrogen) atoms. The van der Waals surface area contributed by atoms with Gasteiger partial charge < -0.3 is 25.4 Å². The van der Waals surface area contributed by atoms with E-state index in [9.17, 15) is 19.5 Å². The maximum absolute atomic E-state index is 13.6. The minimum atomic E-state index is -1.25. The second-order valence-electron chi connectivity index (χ2n) is 10.8. The van der Waals surface area contributed by atoms with Crippen LogP contribution in [-0.4, -0.2) is 58.2 Å². The molecule has 3 amide bonds. The molecular weight excluding hydrogens is 434 g/mol. The van der Waals surface area contributed by atoms with Crippen molar-refractivity contribution in [3.63, 3.8) is 0 Å². The normalized spacial score (nSPS) is 13.6. The average molecular weight is 478 g/mol. The summed E-state index contributed by atoms with van der Waals surface area (Å²) in [5, 5.41) is 15.4. The van der Waals surface area contributed by atoms with Crippen LogP contribution in [0.3, 0.4) is 0 Å². The van der Waals surface area contributed by atoms with E-state index in [4.69, 9.17) is 4.74 Å². The summed E-state index contributed by atoms with van der Waals surface area (Å²) in [5.74, 6) is -0.872. The van der Waals surface area contributed by atoms with E-state index < -0.39 is 41.8 Å². The van der Waals surface area contributed by atoms with Crippen LogP contribution >= 0.6 is 0 Å². The highest BCUT2D eigenvalue weighted by atomic mass is 16.6. The summed E-state index contributed by atoms with van der Waals surface area (Å²) in [6.45, 7) is 16.4. The first-order valence-electron chi connectivity index (χ1n) is 11.9. The summed E-state index contributed by atoms with van der Waals surface area (Å²) < 4.78 is 5.26. The van der Waals surface area contributed by atoms with Crippen LogP contribution in [0.1, 0.15) is 84.0 Å². The number of nitrogens with one attached hydrogen (secondary N) is 2. The molecule has 0 aromatic heterocycles. The fourth-order valence-electron chi connectivity index (χ4n) is 3.38. The number of nitrogens with zero attached hydrogens (tertiary/aromatic N) is 1. The number of amides is 3. The van der Waals surface area contributed by atoms with Gasteiger partial charge in [-0.15, -0.1) is 0 Å². The predicted molar refractivity (Wildman–Crippen MR) is 133 cm³/mol. The Labute approximate surface area is 204 Å². The Kier molecular flexibility index (Phi) is 10.6. The molecule has 0 radical (unpaired) electrons. The number of benzene rings is 1. The monoisotopic (exact) mass is 477 g/mol. The molecule has 0 spiro atoms. The van der Waals surface area contributed by atoms with E-state index in [2.05, 4.69) is 10.6 Å². The number of unbranched alkanes of at least 4 members (excludes halogenated alkanes) is 1. The summed E-state index contributed by atoms with van der Waals surface area (Å²) in [4.78, 5) is 40.9. The molecular formula is C26H43N3O5. The van der Waals surface area contributed by atoms with Crippen molar-refractivity contribution in [3.05, 3.63) is 34.9 Å². The molecule has 3 N–H and O–H groups in total. The van der Waals surface area contributed by atoms with Gasteiger partial charge >= 0.3 is 6.09 Å². The number of aliphatic hydroxyl groups is 1. The Morgan fingerprint density at radius 1 is 1.06 bits per heavy atom. The van der Waals surface area contributed by atoms with Gasteiger partial charge in [-0.25, -0.2) is 4.79 Å². The minimum Gasteiger partial charge on any atom is -0.444 e. The third-order valence-corrected chi connectivity index (χ3v) is 5.11. The first kappa shape index (κ1) is 29.4. The van der Waals surface area contributed by atoms with Gasteiger partial charge in [0.2, 0.25) is 11.8 Å². The number of rotatable bonds is 9. The molecule has 2 unspecified atom stereocenters. The Morgan fingerprint density at radius 3 is 2.15 bits per heavy atom. The number of carbonyl (C=O) groups excluding carboxylic acids is 3. The molecule has 0 bridgehead atoms. The standard InChI is InChI=1S/C26H43N3O5/c1-10-11-14-29(23(32)20(16-30)27-24(33)34-26(7,8)9)21(22(31)28-25(4,5)6)19-13-12-17(2)18(3)15-19/h12-13,15,20-21,30H,10-11,14,16H2,1-9H3,(H,27,33)(H,28,31). The number of hydrogen-bond donors (Lipinski definition) is 3. The Bertz CT molecular complexity index is 855. The van der Waals surface area contributed by atoms with Crippen molar-refractivity contribution in [2.75, 3.05) is 13.2 Å². The predicted octanol–water partition coefficient (Wildman–Crippen LogP) is 3.77. The van der Waals surface area contributed by atoms with Crippen molar-refractivity contribution in [3.8, 4) is 0 Å². The summed E-state index contributed by atoms with van der Waals surface area (Å²) in [5.41, 5.74) is 1.47. The number of carbonyl (C=O) groups is 3. The highest BCUT2D eigenvalue weighted by molar-refractivity contribution is 5.92. The topological polar surface area (TPSA) is 108 Å². The maximum atomic E-state index is 13.6. The van der Waals surface area contributed by atoms with Crippen molar-refractivity contribution < 1.29 is 24.2 Å². The molecule has 2 atom stereocenters. The summed E-state index contributed by atoms with van der Waals surface area (Å²) in [6, 6.07) is 3.50. The van der Waals surface area contributed by atoms with E-state index in [0.29, 0.717) is 12.0 Å². The van der Waals surface area contributed by atoms with Crippen molar-refractivity contribution in [1.82, 2.24) is 15.5 Å². The third-order valence-electron chi connectivity index (χ3n) is 5.11. The largest absolute Gasteiger partial charge is 0.444 e. The highest BCUT2D eigenvalue weighted by Gasteiger charge is 2.37. The average Bonchev–Trinajstić information content (AvgIpc) is 2.68. The number of aliphatic hydroxyl groups excluding tert-OH is 1. The van der Waals surface area contributed by atoms with Crippen molar-refractivity contribution in [1.29, 1.82) is 0 Å². The van der Waals surface area contributed by atoms with Crippen LogP contribution in [0.2, 0.25) is 0 Å². The SMILES string of the molecule is CCCCN(C(=O)C(CO)NC(=O)OC(C)(C)C)C(C(=O)NC(C)(C)C)c1ccc(C)c(C)c1. The molecule has 8 nitrogen and oxygen atoms in total. The van der Waals surface area contributed by atoms with E-state index in [1.165, 1.54) is 4.90 Å². The lowest BCUT2D eigenvalue weighted by molar-refractivity contribution is -0.143. The van der Waals surface area contributed by atoms with Crippen molar-refractivity contribution in [2.24, 2.45) is 0 Å². The second kappa shape index (κ2) is 12.2. The third kappa shape index (κ3) is 9.33. The zero-order valence-electron chi connectivity index (χ0n) is 22.2. The number of alkyl carbamates (subject to hydrolysis) is 1. The molecule has 0 aliphatic carbocycles. The number of ether oxygens (including phenoxy) is 1. The van der Waals surface area contributed by atoms with E-state index >= 15 is 0 Å². The zero-order valence-corrected chi connectivity index (χ0v) is 22.2. The van der Waals surface area contributed by atoms with E-state index in [-0.39, 0.29) is 12.5 Å². The van der Waals surface area contributed by atoms with E-state index in [0.717, 1.165) is 17.5 Å². The second-order valence-corrected chi connectivity index (χ2v) is 10.8. The van der Waals surface area contributed by atoms with Gasteiger partial charge in [0.15, 0.2) is 0 Å². The molecule has 0 saturated carbocycles. The van der Waals surface area contributed by atoms with Crippen LogP contribution in [0.4, 0.5) is 4.79 Å². The smallest absolute Gasteiger partial charge is 0.408 e. The van der Waals surface area contributed by atoms with Gasteiger partial charge in [-0.1, -0.05) is 31.5 Å².